The van der Waals surface area contributed by atoms with E-state index in [0.29, 0.717) is 34.5 Å². The van der Waals surface area contributed by atoms with Crippen molar-refractivity contribution in [2.45, 2.75) is 25.2 Å². The van der Waals surface area contributed by atoms with E-state index in [-0.39, 0.29) is 29.7 Å². The summed E-state index contributed by atoms with van der Waals surface area (Å²) < 4.78 is 6.92. The number of amides is 2. The summed E-state index contributed by atoms with van der Waals surface area (Å²) in [6.45, 7) is 2.68. The number of nitrogens with one attached hydrogen (secondary N) is 2. The molecular weight excluding hydrogens is 446 g/mol. The van der Waals surface area contributed by atoms with E-state index >= 15 is 0 Å². The molecule has 1 aromatic heterocycles. The van der Waals surface area contributed by atoms with Gasteiger partial charge in [0.15, 0.2) is 11.0 Å². The zero-order valence-electron chi connectivity index (χ0n) is 18.1. The van der Waals surface area contributed by atoms with Crippen LogP contribution in [0.1, 0.15) is 33.5 Å². The maximum atomic E-state index is 12.4. The smallest absolute Gasteiger partial charge is 0.335 e. The Morgan fingerprint density at radius 3 is 2.30 bits per heavy atom. The minimum atomic E-state index is -1.03. The average molecular weight is 470 g/mol. The third-order valence-electron chi connectivity index (χ3n) is 4.62. The van der Waals surface area contributed by atoms with Gasteiger partial charge in [-0.1, -0.05) is 11.8 Å². The number of carboxylic acids is 1. The Hall–Kier alpha value is -3.86. The van der Waals surface area contributed by atoms with Crippen LogP contribution in [-0.2, 0) is 17.9 Å². The molecule has 0 aliphatic rings. The van der Waals surface area contributed by atoms with Crippen LogP contribution in [0.4, 0.5) is 5.69 Å². The SMILES string of the molecule is CCn1c(CNC(=O)c2ccc(OC)cc2)nnc1SCC(=O)Nc1ccc(C(=O)O)cc1. The summed E-state index contributed by atoms with van der Waals surface area (Å²) in [6, 6.07) is 12.7. The van der Waals surface area contributed by atoms with Gasteiger partial charge < -0.3 is 25.0 Å². The molecule has 0 spiro atoms. The molecule has 0 aliphatic carbocycles. The van der Waals surface area contributed by atoms with Gasteiger partial charge in [-0.2, -0.15) is 0 Å². The van der Waals surface area contributed by atoms with Crippen LogP contribution in [0.5, 0.6) is 5.75 Å². The number of anilines is 1. The second-order valence-corrected chi connectivity index (χ2v) is 7.72. The average Bonchev–Trinajstić information content (AvgIpc) is 3.23. The van der Waals surface area contributed by atoms with Gasteiger partial charge in [0.1, 0.15) is 5.75 Å². The maximum Gasteiger partial charge on any atom is 0.335 e. The predicted molar refractivity (Wildman–Crippen MR) is 123 cm³/mol. The molecule has 10 nitrogen and oxygen atoms in total. The van der Waals surface area contributed by atoms with Crippen LogP contribution in [0, 0.1) is 0 Å². The Balaban J connectivity index is 1.54. The molecule has 0 fully saturated rings. The van der Waals surface area contributed by atoms with Crippen LogP contribution in [0.25, 0.3) is 0 Å². The summed E-state index contributed by atoms with van der Waals surface area (Å²) in [5.74, 6) is -0.198. The minimum Gasteiger partial charge on any atom is -0.497 e. The number of methoxy groups -OCH3 is 1. The van der Waals surface area contributed by atoms with Crippen molar-refractivity contribution in [2.24, 2.45) is 0 Å². The lowest BCUT2D eigenvalue weighted by molar-refractivity contribution is -0.113. The minimum absolute atomic E-state index is 0.0943. The number of nitrogens with zero attached hydrogens (tertiary/aromatic N) is 3. The molecule has 2 aromatic carbocycles. The molecule has 3 aromatic rings. The molecule has 0 saturated heterocycles. The Morgan fingerprint density at radius 2 is 1.70 bits per heavy atom. The first-order valence-corrected chi connectivity index (χ1v) is 11.0. The summed E-state index contributed by atoms with van der Waals surface area (Å²) in [5, 5.41) is 23.3. The van der Waals surface area contributed by atoms with Crippen molar-refractivity contribution in [1.82, 2.24) is 20.1 Å². The van der Waals surface area contributed by atoms with Crippen LogP contribution in [0.15, 0.2) is 53.7 Å². The first-order valence-electron chi connectivity index (χ1n) is 10.0. The van der Waals surface area contributed by atoms with Crippen LogP contribution in [0.2, 0.25) is 0 Å². The number of thioether (sulfide) groups is 1. The zero-order chi connectivity index (χ0) is 23.8. The molecule has 1 heterocycles. The molecular formula is C22H23N5O5S. The fraction of sp³-hybridized carbons (Fsp3) is 0.227. The molecule has 33 heavy (non-hydrogen) atoms. The molecule has 0 unspecified atom stereocenters. The highest BCUT2D eigenvalue weighted by Gasteiger charge is 2.15. The maximum absolute atomic E-state index is 12.4. The Kier molecular flexibility index (Phi) is 8.03. The van der Waals surface area contributed by atoms with E-state index in [1.165, 1.54) is 36.0 Å². The summed E-state index contributed by atoms with van der Waals surface area (Å²) in [7, 11) is 1.56. The summed E-state index contributed by atoms with van der Waals surface area (Å²) >= 11 is 1.22. The molecule has 0 radical (unpaired) electrons. The molecule has 11 heteroatoms. The van der Waals surface area contributed by atoms with Gasteiger partial charge >= 0.3 is 5.97 Å². The molecule has 0 bridgehead atoms. The first-order chi connectivity index (χ1) is 15.9. The lowest BCUT2D eigenvalue weighted by atomic mass is 10.2. The number of hydrogen-bond donors (Lipinski definition) is 3. The van der Waals surface area contributed by atoms with Crippen molar-refractivity contribution in [3.8, 4) is 5.75 Å². The summed E-state index contributed by atoms with van der Waals surface area (Å²) in [4.78, 5) is 35.5. The van der Waals surface area contributed by atoms with E-state index in [1.54, 1.807) is 31.4 Å². The van der Waals surface area contributed by atoms with Gasteiger partial charge in [0.2, 0.25) is 5.91 Å². The third kappa shape index (κ3) is 6.32. The van der Waals surface area contributed by atoms with Crippen LogP contribution in [0.3, 0.4) is 0 Å². The number of carbonyl (C=O) groups is 3. The van der Waals surface area contributed by atoms with E-state index < -0.39 is 5.97 Å². The van der Waals surface area contributed by atoms with Gasteiger partial charge in [-0.25, -0.2) is 4.79 Å². The number of aromatic nitrogens is 3. The second kappa shape index (κ2) is 11.1. The number of rotatable bonds is 10. The highest BCUT2D eigenvalue weighted by Crippen LogP contribution is 2.18. The van der Waals surface area contributed by atoms with Gasteiger partial charge in [0.25, 0.3) is 5.91 Å². The van der Waals surface area contributed by atoms with Crippen molar-refractivity contribution in [3.63, 3.8) is 0 Å². The van der Waals surface area contributed by atoms with E-state index in [1.807, 2.05) is 11.5 Å². The molecule has 172 valence electrons. The summed E-state index contributed by atoms with van der Waals surface area (Å²) in [5.41, 5.74) is 1.15. The van der Waals surface area contributed by atoms with E-state index in [2.05, 4.69) is 20.8 Å². The summed E-state index contributed by atoms with van der Waals surface area (Å²) in [6.07, 6.45) is 0. The molecule has 0 saturated carbocycles. The van der Waals surface area contributed by atoms with Crippen LogP contribution in [-0.4, -0.2) is 50.5 Å². The fourth-order valence-corrected chi connectivity index (χ4v) is 3.72. The van der Waals surface area contributed by atoms with Crippen molar-refractivity contribution >= 4 is 35.2 Å². The highest BCUT2D eigenvalue weighted by atomic mass is 32.2. The zero-order valence-corrected chi connectivity index (χ0v) is 18.9. The Labute approximate surface area is 194 Å². The number of hydrogen-bond acceptors (Lipinski definition) is 7. The van der Waals surface area contributed by atoms with Crippen LogP contribution >= 0.6 is 11.8 Å². The number of aromatic carboxylic acids is 1. The van der Waals surface area contributed by atoms with E-state index in [4.69, 9.17) is 9.84 Å². The second-order valence-electron chi connectivity index (χ2n) is 6.77. The molecule has 3 N–H and O–H groups in total. The van der Waals surface area contributed by atoms with Gasteiger partial charge in [-0.15, -0.1) is 10.2 Å². The lowest BCUT2D eigenvalue weighted by Crippen LogP contribution is -2.24. The van der Waals surface area contributed by atoms with Crippen molar-refractivity contribution in [1.29, 1.82) is 0 Å². The Bertz CT molecular complexity index is 1130. The van der Waals surface area contributed by atoms with Crippen molar-refractivity contribution in [2.75, 3.05) is 18.2 Å². The number of carbonyl (C=O) groups excluding carboxylic acids is 2. The monoisotopic (exact) mass is 469 g/mol. The quantitative estimate of drug-likeness (QED) is 0.386. The largest absolute Gasteiger partial charge is 0.497 e. The topological polar surface area (TPSA) is 135 Å². The van der Waals surface area contributed by atoms with E-state index in [9.17, 15) is 14.4 Å². The number of ether oxygens (including phenoxy) is 1. The van der Waals surface area contributed by atoms with Gasteiger partial charge in [0.05, 0.1) is 25.0 Å². The molecule has 0 atom stereocenters. The van der Waals surface area contributed by atoms with Crippen molar-refractivity contribution in [3.05, 3.63) is 65.5 Å². The molecule has 2 amide bonds. The van der Waals surface area contributed by atoms with Gasteiger partial charge in [0, 0.05) is 17.8 Å². The fourth-order valence-electron chi connectivity index (χ4n) is 2.90. The van der Waals surface area contributed by atoms with Crippen molar-refractivity contribution < 1.29 is 24.2 Å². The van der Waals surface area contributed by atoms with E-state index in [0.717, 1.165) is 0 Å². The normalized spacial score (nSPS) is 10.5. The molecule has 3 rings (SSSR count). The predicted octanol–water partition coefficient (Wildman–Crippen LogP) is 2.67. The highest BCUT2D eigenvalue weighted by molar-refractivity contribution is 7.99. The Morgan fingerprint density at radius 1 is 1.03 bits per heavy atom. The lowest BCUT2D eigenvalue weighted by Gasteiger charge is -2.09. The number of carboxylic acid groups (broad SMARTS) is 1. The first kappa shape index (κ1) is 23.8. The van der Waals surface area contributed by atoms with Crippen LogP contribution < -0.4 is 15.4 Å². The van der Waals surface area contributed by atoms with Gasteiger partial charge in [-0.3, -0.25) is 9.59 Å². The number of benzene rings is 2. The standard InChI is InChI=1S/C22H23N5O5S/c1-3-27-18(12-23-20(29)14-6-10-17(32-2)11-7-14)25-26-22(27)33-13-19(28)24-16-8-4-15(5-9-16)21(30)31/h4-11H,3,12-13H2,1-2H3,(H,23,29)(H,24,28)(H,30,31). The third-order valence-corrected chi connectivity index (χ3v) is 5.58. The molecule has 0 aliphatic heterocycles. The van der Waals surface area contributed by atoms with Gasteiger partial charge in [-0.05, 0) is 55.5 Å².